The molecular weight excluding hydrogens is 384 g/mol. The van der Waals surface area contributed by atoms with Gasteiger partial charge in [-0.2, -0.15) is 0 Å². The molecule has 0 unspecified atom stereocenters. The molecule has 0 atom stereocenters. The third-order valence-corrected chi connectivity index (χ3v) is 5.13. The van der Waals surface area contributed by atoms with Gasteiger partial charge in [0.05, 0.1) is 12.7 Å². The van der Waals surface area contributed by atoms with Gasteiger partial charge in [0.25, 0.3) is 0 Å². The van der Waals surface area contributed by atoms with E-state index in [-0.39, 0.29) is 5.97 Å². The molecule has 0 radical (unpaired) electrons. The van der Waals surface area contributed by atoms with Crippen LogP contribution in [0.5, 0.6) is 5.75 Å². The van der Waals surface area contributed by atoms with Gasteiger partial charge in [-0.15, -0.1) is 0 Å². The van der Waals surface area contributed by atoms with Gasteiger partial charge in [0.2, 0.25) is 0 Å². The average Bonchev–Trinajstić information content (AvgIpc) is 2.73. The zero-order chi connectivity index (χ0) is 23.1. The van der Waals surface area contributed by atoms with Gasteiger partial charge in [-0.05, 0) is 103 Å². The second-order valence-electron chi connectivity index (χ2n) is 8.38. The summed E-state index contributed by atoms with van der Waals surface area (Å²) in [4.78, 5) is 12.1. The molecule has 0 saturated carbocycles. The highest BCUT2D eigenvalue weighted by Crippen LogP contribution is 2.14. The first-order valence-corrected chi connectivity index (χ1v) is 11.2. The largest absolute Gasteiger partial charge is 0.497 e. The van der Waals surface area contributed by atoms with Gasteiger partial charge in [0.15, 0.2) is 0 Å². The molecule has 0 saturated heterocycles. The van der Waals surface area contributed by atoms with Crippen molar-refractivity contribution in [3.63, 3.8) is 0 Å². The highest BCUT2D eigenvalue weighted by molar-refractivity contribution is 5.89. The third-order valence-electron chi connectivity index (χ3n) is 5.13. The number of benzene rings is 1. The third kappa shape index (κ3) is 12.7. The molecule has 1 aromatic rings. The van der Waals surface area contributed by atoms with Gasteiger partial charge < -0.3 is 9.47 Å². The van der Waals surface area contributed by atoms with Gasteiger partial charge in [0.1, 0.15) is 12.4 Å². The van der Waals surface area contributed by atoms with Crippen molar-refractivity contribution in [2.45, 2.75) is 73.1 Å². The number of carbonyl (C=O) groups is 1. The predicted molar refractivity (Wildman–Crippen MR) is 132 cm³/mol. The molecule has 170 valence electrons. The monoisotopic (exact) mass is 424 g/mol. The summed E-state index contributed by atoms with van der Waals surface area (Å²) in [5.74, 6) is 0.410. The first kappa shape index (κ1) is 26.5. The molecule has 0 aliphatic rings. The maximum atomic E-state index is 12.1. The normalized spacial score (nSPS) is 12.5. The van der Waals surface area contributed by atoms with Crippen molar-refractivity contribution in [2.75, 3.05) is 13.7 Å². The Labute approximate surface area is 189 Å². The van der Waals surface area contributed by atoms with Crippen molar-refractivity contribution in [2.24, 2.45) is 0 Å². The summed E-state index contributed by atoms with van der Waals surface area (Å²) in [5.41, 5.74) is 6.08. The van der Waals surface area contributed by atoms with Crippen molar-refractivity contribution in [1.29, 1.82) is 0 Å². The molecule has 1 rings (SSSR count). The summed E-state index contributed by atoms with van der Waals surface area (Å²) in [6.45, 7) is 11.1. The van der Waals surface area contributed by atoms with Gasteiger partial charge in [-0.3, -0.25) is 0 Å². The van der Waals surface area contributed by atoms with Crippen LogP contribution in [-0.4, -0.2) is 19.7 Å². The number of hydrogen-bond acceptors (Lipinski definition) is 3. The van der Waals surface area contributed by atoms with Crippen LogP contribution in [0.1, 0.15) is 83.5 Å². The molecule has 0 aromatic heterocycles. The molecule has 0 fully saturated rings. The Morgan fingerprint density at radius 3 is 1.71 bits per heavy atom. The lowest BCUT2D eigenvalue weighted by Gasteiger charge is -2.05. The molecule has 31 heavy (non-hydrogen) atoms. The fourth-order valence-electron chi connectivity index (χ4n) is 3.06. The molecule has 0 bridgehead atoms. The Balaban J connectivity index is 2.28. The van der Waals surface area contributed by atoms with E-state index >= 15 is 0 Å². The average molecular weight is 425 g/mol. The number of carbonyl (C=O) groups excluding carboxylic acids is 1. The lowest BCUT2D eigenvalue weighted by molar-refractivity contribution is 0.0549. The van der Waals surface area contributed by atoms with Crippen LogP contribution in [-0.2, 0) is 4.74 Å². The molecule has 3 heteroatoms. The van der Waals surface area contributed by atoms with E-state index in [4.69, 9.17) is 9.47 Å². The van der Waals surface area contributed by atoms with Crippen LogP contribution < -0.4 is 4.74 Å². The standard InChI is InChI=1S/C28H40O3/c1-22(2)10-7-11-23(3)12-8-13-24(4)14-9-15-25(5)20-21-31-28(29)26-16-18-27(30-6)19-17-26/h10,12,14,16-20H,7-9,11,13,15,21H2,1-6H3/b23-12+,24-14+,25-20+. The van der Waals surface area contributed by atoms with Crippen LogP contribution >= 0.6 is 0 Å². The quantitative estimate of drug-likeness (QED) is 0.238. The van der Waals surface area contributed by atoms with Crippen LogP contribution in [0.4, 0.5) is 0 Å². The zero-order valence-electron chi connectivity index (χ0n) is 20.3. The lowest BCUT2D eigenvalue weighted by atomic mass is 10.0. The van der Waals surface area contributed by atoms with E-state index in [0.29, 0.717) is 12.2 Å². The summed E-state index contributed by atoms with van der Waals surface area (Å²) in [6, 6.07) is 6.94. The predicted octanol–water partition coefficient (Wildman–Crippen LogP) is 8.00. The molecule has 0 heterocycles. The minimum atomic E-state index is -0.313. The van der Waals surface area contributed by atoms with E-state index in [0.717, 1.165) is 44.3 Å². The van der Waals surface area contributed by atoms with Gasteiger partial charge in [-0.25, -0.2) is 4.79 Å². The smallest absolute Gasteiger partial charge is 0.338 e. The topological polar surface area (TPSA) is 35.5 Å². The molecule has 0 amide bonds. The Morgan fingerprint density at radius 2 is 1.23 bits per heavy atom. The number of hydrogen-bond donors (Lipinski definition) is 0. The fourth-order valence-corrected chi connectivity index (χ4v) is 3.06. The summed E-state index contributed by atoms with van der Waals surface area (Å²) < 4.78 is 10.4. The second-order valence-corrected chi connectivity index (χ2v) is 8.38. The molecule has 3 nitrogen and oxygen atoms in total. The van der Waals surface area contributed by atoms with E-state index in [1.165, 1.54) is 22.3 Å². The van der Waals surface area contributed by atoms with Gasteiger partial charge >= 0.3 is 5.97 Å². The number of rotatable bonds is 13. The SMILES string of the molecule is COc1ccc(C(=O)OC/C=C(\C)CC/C=C(\C)CC/C=C(\C)CCC=C(C)C)cc1. The summed E-state index contributed by atoms with van der Waals surface area (Å²) >= 11 is 0. The van der Waals surface area contributed by atoms with Crippen molar-refractivity contribution in [3.8, 4) is 5.75 Å². The Bertz CT molecular complexity index is 788. The minimum Gasteiger partial charge on any atom is -0.497 e. The molecule has 0 spiro atoms. The Hall–Kier alpha value is -2.55. The first-order valence-electron chi connectivity index (χ1n) is 11.2. The van der Waals surface area contributed by atoms with Crippen LogP contribution in [0, 0.1) is 0 Å². The van der Waals surface area contributed by atoms with Crippen LogP contribution in [0.15, 0.2) is 70.9 Å². The molecule has 0 aliphatic carbocycles. The fraction of sp³-hybridized carbons (Fsp3) is 0.464. The molecular formula is C28H40O3. The minimum absolute atomic E-state index is 0.302. The zero-order valence-corrected chi connectivity index (χ0v) is 20.3. The number of allylic oxidation sites excluding steroid dienone is 7. The maximum absolute atomic E-state index is 12.1. The first-order chi connectivity index (χ1) is 14.8. The number of methoxy groups -OCH3 is 1. The van der Waals surface area contributed by atoms with E-state index in [2.05, 4.69) is 52.8 Å². The van der Waals surface area contributed by atoms with Gasteiger partial charge in [0, 0.05) is 0 Å². The Morgan fingerprint density at radius 1 is 0.742 bits per heavy atom. The van der Waals surface area contributed by atoms with Gasteiger partial charge in [-0.1, -0.05) is 40.5 Å². The highest BCUT2D eigenvalue weighted by Gasteiger charge is 2.06. The van der Waals surface area contributed by atoms with Crippen LogP contribution in [0.25, 0.3) is 0 Å². The molecule has 0 N–H and O–H groups in total. The molecule has 0 aliphatic heterocycles. The highest BCUT2D eigenvalue weighted by atomic mass is 16.5. The maximum Gasteiger partial charge on any atom is 0.338 e. The van der Waals surface area contributed by atoms with E-state index in [1.54, 1.807) is 31.4 Å². The Kier molecular flexibility index (Phi) is 13.1. The van der Waals surface area contributed by atoms with Crippen LogP contribution in [0.2, 0.25) is 0 Å². The van der Waals surface area contributed by atoms with Crippen molar-refractivity contribution in [3.05, 3.63) is 76.4 Å². The summed E-state index contributed by atoms with van der Waals surface area (Å²) in [6.07, 6.45) is 15.5. The molecule has 1 aromatic carbocycles. The summed E-state index contributed by atoms with van der Waals surface area (Å²) in [5, 5.41) is 0. The van der Waals surface area contributed by atoms with Crippen molar-refractivity contribution in [1.82, 2.24) is 0 Å². The number of ether oxygens (including phenoxy) is 2. The van der Waals surface area contributed by atoms with E-state index < -0.39 is 0 Å². The van der Waals surface area contributed by atoms with Crippen molar-refractivity contribution >= 4 is 5.97 Å². The van der Waals surface area contributed by atoms with E-state index in [9.17, 15) is 4.79 Å². The second kappa shape index (κ2) is 15.3. The van der Waals surface area contributed by atoms with Crippen LogP contribution in [0.3, 0.4) is 0 Å². The number of esters is 1. The summed E-state index contributed by atoms with van der Waals surface area (Å²) in [7, 11) is 1.60. The van der Waals surface area contributed by atoms with Crippen molar-refractivity contribution < 1.29 is 14.3 Å². The van der Waals surface area contributed by atoms with E-state index in [1.807, 2.05) is 6.08 Å². The lowest BCUT2D eigenvalue weighted by Crippen LogP contribution is -2.05.